The first-order valence-electron chi connectivity index (χ1n) is 6.38. The van der Waals surface area contributed by atoms with Crippen molar-refractivity contribution in [1.82, 2.24) is 4.98 Å². The van der Waals surface area contributed by atoms with E-state index < -0.39 is 8.07 Å². The van der Waals surface area contributed by atoms with Gasteiger partial charge < -0.3 is 0 Å². The van der Waals surface area contributed by atoms with Crippen LogP contribution < -0.4 is 5.19 Å². The second-order valence-electron chi connectivity index (χ2n) is 5.53. The fraction of sp³-hybridized carbons (Fsp3) is 0.188. The monoisotopic (exact) mass is 251 g/mol. The Morgan fingerprint density at radius 3 is 2.61 bits per heavy atom. The molecule has 3 rings (SSSR count). The number of aromatic nitrogens is 1. The molecule has 2 heteroatoms. The molecular formula is C16H17NSi. The Kier molecular flexibility index (Phi) is 2.67. The maximum absolute atomic E-state index is 4.40. The molecule has 1 nitrogen and oxygen atoms in total. The first-order chi connectivity index (χ1) is 8.67. The van der Waals surface area contributed by atoms with E-state index in [-0.39, 0.29) is 0 Å². The summed E-state index contributed by atoms with van der Waals surface area (Å²) in [6.07, 6.45) is 4.11. The molecule has 2 heterocycles. The van der Waals surface area contributed by atoms with E-state index in [1.165, 1.54) is 17.2 Å². The Morgan fingerprint density at radius 1 is 1.06 bits per heavy atom. The SMILES string of the molecule is C[Si]1(C)C/C(=C/c2ccccn2)c2ccccc21. The van der Waals surface area contributed by atoms with Crippen LogP contribution in [0.1, 0.15) is 11.3 Å². The molecule has 90 valence electrons. The quantitative estimate of drug-likeness (QED) is 0.706. The molecule has 0 radical (unpaired) electrons. The Morgan fingerprint density at radius 2 is 1.83 bits per heavy atom. The average molecular weight is 251 g/mol. The molecule has 1 aliphatic heterocycles. The van der Waals surface area contributed by atoms with Gasteiger partial charge in [-0.05, 0) is 35.4 Å². The summed E-state index contributed by atoms with van der Waals surface area (Å²) in [5.74, 6) is 0. The van der Waals surface area contributed by atoms with Crippen molar-refractivity contribution in [3.8, 4) is 0 Å². The molecule has 0 bridgehead atoms. The molecule has 0 saturated carbocycles. The first-order valence-corrected chi connectivity index (χ1v) is 9.59. The number of benzene rings is 1. The van der Waals surface area contributed by atoms with Crippen molar-refractivity contribution in [3.05, 3.63) is 59.9 Å². The minimum Gasteiger partial charge on any atom is -0.257 e. The van der Waals surface area contributed by atoms with Crippen molar-refractivity contribution in [2.24, 2.45) is 0 Å². The van der Waals surface area contributed by atoms with Crippen molar-refractivity contribution < 1.29 is 0 Å². The van der Waals surface area contributed by atoms with Gasteiger partial charge in [-0.1, -0.05) is 48.6 Å². The van der Waals surface area contributed by atoms with Crippen LogP contribution in [0.2, 0.25) is 19.1 Å². The summed E-state index contributed by atoms with van der Waals surface area (Å²) in [7, 11) is -1.27. The molecule has 2 aromatic rings. The minimum absolute atomic E-state index is 1.06. The highest BCUT2D eigenvalue weighted by atomic mass is 28.3. The van der Waals surface area contributed by atoms with Gasteiger partial charge in [-0.15, -0.1) is 0 Å². The molecule has 0 atom stereocenters. The summed E-state index contributed by atoms with van der Waals surface area (Å²) in [4.78, 5) is 4.40. The Hall–Kier alpha value is -1.67. The van der Waals surface area contributed by atoms with Gasteiger partial charge in [0.2, 0.25) is 0 Å². The summed E-state index contributed by atoms with van der Waals surface area (Å²) in [6, 6.07) is 16.2. The molecule has 0 unspecified atom stereocenters. The average Bonchev–Trinajstić information content (AvgIpc) is 2.63. The van der Waals surface area contributed by atoms with Crippen LogP contribution in [0.4, 0.5) is 0 Å². The van der Waals surface area contributed by atoms with E-state index in [1.807, 2.05) is 18.3 Å². The van der Waals surface area contributed by atoms with Gasteiger partial charge in [0.15, 0.2) is 0 Å². The molecule has 0 fully saturated rings. The third kappa shape index (κ3) is 1.93. The Labute approximate surface area is 109 Å². The van der Waals surface area contributed by atoms with Crippen LogP contribution in [-0.2, 0) is 0 Å². The lowest BCUT2D eigenvalue weighted by molar-refractivity contribution is 1.29. The van der Waals surface area contributed by atoms with Gasteiger partial charge in [0.25, 0.3) is 0 Å². The van der Waals surface area contributed by atoms with E-state index in [1.54, 1.807) is 5.19 Å². The lowest BCUT2D eigenvalue weighted by atomic mass is 10.1. The van der Waals surface area contributed by atoms with E-state index in [4.69, 9.17) is 0 Å². The van der Waals surface area contributed by atoms with E-state index >= 15 is 0 Å². The summed E-state index contributed by atoms with van der Waals surface area (Å²) in [5.41, 5.74) is 3.97. The van der Waals surface area contributed by atoms with Gasteiger partial charge in [-0.3, -0.25) is 4.98 Å². The minimum atomic E-state index is -1.27. The predicted molar refractivity (Wildman–Crippen MR) is 80.5 cm³/mol. The second kappa shape index (κ2) is 4.21. The summed E-state index contributed by atoms with van der Waals surface area (Å²) in [5, 5.41) is 1.59. The predicted octanol–water partition coefficient (Wildman–Crippen LogP) is 3.55. The van der Waals surface area contributed by atoms with Crippen molar-refractivity contribution in [3.63, 3.8) is 0 Å². The smallest absolute Gasteiger partial charge is 0.0857 e. The highest BCUT2D eigenvalue weighted by Gasteiger charge is 2.34. The number of hydrogen-bond acceptors (Lipinski definition) is 1. The number of nitrogens with zero attached hydrogens (tertiary/aromatic N) is 1. The van der Waals surface area contributed by atoms with Crippen LogP contribution >= 0.6 is 0 Å². The van der Waals surface area contributed by atoms with Gasteiger partial charge in [0, 0.05) is 6.20 Å². The Bertz CT molecular complexity index is 600. The molecular weight excluding hydrogens is 234 g/mol. The van der Waals surface area contributed by atoms with Gasteiger partial charge in [0.1, 0.15) is 0 Å². The number of rotatable bonds is 1. The normalized spacial score (nSPS) is 18.9. The van der Waals surface area contributed by atoms with Crippen molar-refractivity contribution in [2.75, 3.05) is 0 Å². The largest absolute Gasteiger partial charge is 0.257 e. The molecule has 0 amide bonds. The number of allylic oxidation sites excluding steroid dienone is 1. The van der Waals surface area contributed by atoms with E-state index in [9.17, 15) is 0 Å². The van der Waals surface area contributed by atoms with Gasteiger partial charge in [-0.25, -0.2) is 0 Å². The fourth-order valence-electron chi connectivity index (χ4n) is 2.79. The summed E-state index contributed by atoms with van der Waals surface area (Å²) < 4.78 is 0. The maximum atomic E-state index is 4.40. The molecule has 18 heavy (non-hydrogen) atoms. The summed E-state index contributed by atoms with van der Waals surface area (Å²) in [6.45, 7) is 4.90. The molecule has 0 saturated heterocycles. The Balaban J connectivity index is 2.09. The third-order valence-corrected chi connectivity index (χ3v) is 6.80. The fourth-order valence-corrected chi connectivity index (χ4v) is 5.74. The molecule has 1 aromatic carbocycles. The highest BCUT2D eigenvalue weighted by molar-refractivity contribution is 6.93. The lowest BCUT2D eigenvalue weighted by Crippen LogP contribution is -2.37. The van der Waals surface area contributed by atoms with Crippen LogP contribution in [0.5, 0.6) is 0 Å². The zero-order valence-corrected chi connectivity index (χ0v) is 11.9. The molecule has 1 aromatic heterocycles. The van der Waals surface area contributed by atoms with Gasteiger partial charge >= 0.3 is 0 Å². The number of pyridine rings is 1. The van der Waals surface area contributed by atoms with Crippen molar-refractivity contribution in [1.29, 1.82) is 0 Å². The van der Waals surface area contributed by atoms with E-state index in [0.717, 1.165) is 5.69 Å². The van der Waals surface area contributed by atoms with Gasteiger partial charge in [0.05, 0.1) is 13.8 Å². The number of hydrogen-bond donors (Lipinski definition) is 0. The van der Waals surface area contributed by atoms with Crippen LogP contribution in [0.15, 0.2) is 48.7 Å². The topological polar surface area (TPSA) is 12.9 Å². The zero-order chi connectivity index (χ0) is 12.6. The van der Waals surface area contributed by atoms with Crippen LogP contribution in [-0.4, -0.2) is 13.1 Å². The molecule has 0 spiro atoms. The number of fused-ring (bicyclic) bond motifs is 1. The van der Waals surface area contributed by atoms with Crippen LogP contribution in [0.25, 0.3) is 11.6 Å². The third-order valence-electron chi connectivity index (χ3n) is 3.64. The highest BCUT2D eigenvalue weighted by Crippen LogP contribution is 2.34. The molecule has 0 aliphatic carbocycles. The van der Waals surface area contributed by atoms with Crippen LogP contribution in [0, 0.1) is 0 Å². The first kappa shape index (κ1) is 11.4. The van der Waals surface area contributed by atoms with Gasteiger partial charge in [-0.2, -0.15) is 0 Å². The van der Waals surface area contributed by atoms with Crippen LogP contribution in [0.3, 0.4) is 0 Å². The van der Waals surface area contributed by atoms with E-state index in [0.29, 0.717) is 0 Å². The summed E-state index contributed by atoms with van der Waals surface area (Å²) >= 11 is 0. The molecule has 1 aliphatic rings. The van der Waals surface area contributed by atoms with E-state index in [2.05, 4.69) is 54.5 Å². The second-order valence-corrected chi connectivity index (χ2v) is 10.2. The van der Waals surface area contributed by atoms with Crippen molar-refractivity contribution >= 4 is 24.9 Å². The maximum Gasteiger partial charge on any atom is 0.0857 e. The zero-order valence-electron chi connectivity index (χ0n) is 10.9. The van der Waals surface area contributed by atoms with Crippen molar-refractivity contribution in [2.45, 2.75) is 19.1 Å². The molecule has 0 N–H and O–H groups in total. The standard InChI is InChI=1S/C16H17NSi/c1-18(2)12-13(11-14-7-5-6-10-17-14)15-8-3-4-9-16(15)18/h3-11H,12H2,1-2H3/b13-11-. The lowest BCUT2D eigenvalue weighted by Gasteiger charge is -2.14.